The van der Waals surface area contributed by atoms with Crippen LogP contribution < -0.4 is 4.74 Å². The summed E-state index contributed by atoms with van der Waals surface area (Å²) in [5.74, 6) is 0.415. The fourth-order valence-electron chi connectivity index (χ4n) is 5.17. The number of phenols is 1. The first-order valence-electron chi connectivity index (χ1n) is 10.4. The first kappa shape index (κ1) is 19.8. The van der Waals surface area contributed by atoms with Gasteiger partial charge in [0, 0.05) is 18.0 Å². The van der Waals surface area contributed by atoms with Crippen molar-refractivity contribution in [3.05, 3.63) is 59.2 Å². The number of aromatic hydroxyl groups is 1. The van der Waals surface area contributed by atoms with E-state index in [1.807, 2.05) is 42.2 Å². The van der Waals surface area contributed by atoms with Gasteiger partial charge in [0.2, 0.25) is 0 Å². The Kier molecular flexibility index (Phi) is 5.26. The van der Waals surface area contributed by atoms with Crippen molar-refractivity contribution in [3.63, 3.8) is 0 Å². The van der Waals surface area contributed by atoms with Crippen LogP contribution in [0.1, 0.15) is 59.6 Å². The van der Waals surface area contributed by atoms with Crippen LogP contribution >= 0.6 is 0 Å². The molecule has 2 aliphatic rings. The van der Waals surface area contributed by atoms with Gasteiger partial charge in [-0.3, -0.25) is 4.79 Å². The molecule has 154 valence electrons. The molecule has 0 bridgehead atoms. The second-order valence-corrected chi connectivity index (χ2v) is 8.40. The van der Waals surface area contributed by atoms with Crippen molar-refractivity contribution in [2.45, 2.75) is 50.7 Å². The van der Waals surface area contributed by atoms with Gasteiger partial charge in [-0.1, -0.05) is 37.1 Å². The topological polar surface area (TPSA) is 70.0 Å². The Bertz CT molecular complexity index is 912. The van der Waals surface area contributed by atoms with Gasteiger partial charge in [0.15, 0.2) is 11.5 Å². The van der Waals surface area contributed by atoms with Crippen LogP contribution in [0.2, 0.25) is 0 Å². The number of ether oxygens (including phenoxy) is 1. The minimum Gasteiger partial charge on any atom is -0.504 e. The zero-order valence-corrected chi connectivity index (χ0v) is 17.1. The normalized spacial score (nSPS) is 26.7. The van der Waals surface area contributed by atoms with Crippen LogP contribution in [0.25, 0.3) is 0 Å². The lowest BCUT2D eigenvalue weighted by Crippen LogP contribution is -2.56. The fourth-order valence-corrected chi connectivity index (χ4v) is 5.17. The number of phenolic OH excluding ortho intramolecular Hbond substituents is 1. The molecule has 1 saturated carbocycles. The molecule has 4 rings (SSSR count). The van der Waals surface area contributed by atoms with E-state index >= 15 is 0 Å². The van der Waals surface area contributed by atoms with E-state index in [2.05, 4.69) is 0 Å². The summed E-state index contributed by atoms with van der Waals surface area (Å²) in [5.41, 5.74) is 1.79. The molecule has 2 fully saturated rings. The molecule has 0 radical (unpaired) electrons. The number of rotatable bonds is 3. The summed E-state index contributed by atoms with van der Waals surface area (Å²) in [6.45, 7) is 2.46. The maximum Gasteiger partial charge on any atom is 0.254 e. The molecule has 5 nitrogen and oxygen atoms in total. The standard InChI is InChI=1S/C24H29NO4/c1-16-7-3-4-8-18(16)23(27)25-14-13-24(28)12-6-5-9-19(24)22(25)17-10-11-20(26)21(15-17)29-2/h3-4,7-8,10-11,15,19,22,26,28H,5-6,9,12-14H2,1-2H3/t19-,22+,24-/m1/s1. The van der Waals surface area contributed by atoms with E-state index in [0.717, 1.165) is 36.8 Å². The average Bonchev–Trinajstić information content (AvgIpc) is 2.73. The van der Waals surface area contributed by atoms with E-state index in [4.69, 9.17) is 4.74 Å². The number of aryl methyl sites for hydroxylation is 1. The van der Waals surface area contributed by atoms with Gasteiger partial charge >= 0.3 is 0 Å². The van der Waals surface area contributed by atoms with E-state index in [1.165, 1.54) is 7.11 Å². The van der Waals surface area contributed by atoms with E-state index in [0.29, 0.717) is 24.3 Å². The predicted octanol–water partition coefficient (Wildman–Crippen LogP) is 4.22. The van der Waals surface area contributed by atoms with Crippen molar-refractivity contribution in [2.24, 2.45) is 5.92 Å². The number of piperidine rings is 1. The van der Waals surface area contributed by atoms with Crippen LogP contribution in [0.5, 0.6) is 11.5 Å². The van der Waals surface area contributed by atoms with E-state index < -0.39 is 5.60 Å². The Morgan fingerprint density at radius 1 is 1.17 bits per heavy atom. The highest BCUT2D eigenvalue weighted by Gasteiger charge is 2.50. The molecule has 5 heteroatoms. The maximum atomic E-state index is 13.6. The van der Waals surface area contributed by atoms with Gasteiger partial charge in [-0.2, -0.15) is 0 Å². The summed E-state index contributed by atoms with van der Waals surface area (Å²) in [7, 11) is 1.52. The molecular formula is C24H29NO4. The van der Waals surface area contributed by atoms with Gasteiger partial charge in [-0.15, -0.1) is 0 Å². The zero-order chi connectivity index (χ0) is 20.6. The number of methoxy groups -OCH3 is 1. The van der Waals surface area contributed by atoms with Crippen LogP contribution in [0.4, 0.5) is 0 Å². The molecule has 1 heterocycles. The third-order valence-corrected chi connectivity index (χ3v) is 6.75. The molecule has 1 saturated heterocycles. The van der Waals surface area contributed by atoms with Gasteiger partial charge in [-0.05, 0) is 55.5 Å². The van der Waals surface area contributed by atoms with Crippen molar-refractivity contribution in [1.29, 1.82) is 0 Å². The van der Waals surface area contributed by atoms with Crippen LogP contribution in [-0.2, 0) is 0 Å². The minimum atomic E-state index is -0.753. The molecule has 2 aromatic rings. The molecule has 0 unspecified atom stereocenters. The van der Waals surface area contributed by atoms with Gasteiger partial charge in [0.25, 0.3) is 5.91 Å². The summed E-state index contributed by atoms with van der Waals surface area (Å²) >= 11 is 0. The molecule has 2 N–H and O–H groups in total. The number of carbonyl (C=O) groups is 1. The highest BCUT2D eigenvalue weighted by Crippen LogP contribution is 2.50. The largest absolute Gasteiger partial charge is 0.504 e. The Labute approximate surface area is 171 Å². The maximum absolute atomic E-state index is 13.6. The second kappa shape index (κ2) is 7.71. The first-order valence-corrected chi connectivity index (χ1v) is 10.4. The van der Waals surface area contributed by atoms with Crippen molar-refractivity contribution in [1.82, 2.24) is 4.90 Å². The summed E-state index contributed by atoms with van der Waals surface area (Å²) < 4.78 is 5.32. The van der Waals surface area contributed by atoms with Gasteiger partial charge in [-0.25, -0.2) is 0 Å². The van der Waals surface area contributed by atoms with Crippen molar-refractivity contribution < 1.29 is 19.7 Å². The SMILES string of the molecule is COc1cc([C@H]2[C@H]3CCCC[C@@]3(O)CCN2C(=O)c2ccccc2C)ccc1O. The van der Waals surface area contributed by atoms with E-state index in [9.17, 15) is 15.0 Å². The Morgan fingerprint density at radius 2 is 1.97 bits per heavy atom. The second-order valence-electron chi connectivity index (χ2n) is 8.40. The van der Waals surface area contributed by atoms with Crippen LogP contribution in [-0.4, -0.2) is 40.3 Å². The van der Waals surface area contributed by atoms with Crippen molar-refractivity contribution in [3.8, 4) is 11.5 Å². The van der Waals surface area contributed by atoms with E-state index in [-0.39, 0.29) is 23.6 Å². The zero-order valence-electron chi connectivity index (χ0n) is 17.1. The molecule has 0 spiro atoms. The first-order chi connectivity index (χ1) is 13.9. The lowest BCUT2D eigenvalue weighted by Gasteiger charge is -2.52. The number of carbonyl (C=O) groups excluding carboxylic acids is 1. The summed E-state index contributed by atoms with van der Waals surface area (Å²) in [5, 5.41) is 21.5. The van der Waals surface area contributed by atoms with Gasteiger partial charge < -0.3 is 19.8 Å². The van der Waals surface area contributed by atoms with Crippen LogP contribution in [0.15, 0.2) is 42.5 Å². The number of likely N-dealkylation sites (tertiary alicyclic amines) is 1. The van der Waals surface area contributed by atoms with Crippen molar-refractivity contribution in [2.75, 3.05) is 13.7 Å². The highest BCUT2D eigenvalue weighted by atomic mass is 16.5. The number of amides is 1. The molecular weight excluding hydrogens is 366 g/mol. The molecule has 0 aromatic heterocycles. The van der Waals surface area contributed by atoms with Gasteiger partial charge in [0.1, 0.15) is 0 Å². The average molecular weight is 395 g/mol. The quantitative estimate of drug-likeness (QED) is 0.816. The summed E-state index contributed by atoms with van der Waals surface area (Å²) in [6.07, 6.45) is 4.31. The highest BCUT2D eigenvalue weighted by molar-refractivity contribution is 5.96. The molecule has 29 heavy (non-hydrogen) atoms. The van der Waals surface area contributed by atoms with Crippen molar-refractivity contribution >= 4 is 5.91 Å². The molecule has 2 aromatic carbocycles. The van der Waals surface area contributed by atoms with Crippen LogP contribution in [0, 0.1) is 12.8 Å². The molecule has 1 aliphatic heterocycles. The number of nitrogens with zero attached hydrogens (tertiary/aromatic N) is 1. The summed E-state index contributed by atoms with van der Waals surface area (Å²) in [4.78, 5) is 15.5. The lowest BCUT2D eigenvalue weighted by atomic mass is 9.66. The Morgan fingerprint density at radius 3 is 2.72 bits per heavy atom. The number of aliphatic hydroxyl groups is 1. The Hall–Kier alpha value is -2.53. The number of hydrogen-bond acceptors (Lipinski definition) is 4. The summed E-state index contributed by atoms with van der Waals surface area (Å²) in [6, 6.07) is 12.7. The molecule has 3 atom stereocenters. The third kappa shape index (κ3) is 3.48. The Balaban J connectivity index is 1.79. The number of fused-ring (bicyclic) bond motifs is 1. The van der Waals surface area contributed by atoms with Gasteiger partial charge in [0.05, 0.1) is 18.8 Å². The predicted molar refractivity (Wildman–Crippen MR) is 111 cm³/mol. The monoisotopic (exact) mass is 395 g/mol. The minimum absolute atomic E-state index is 0.00670. The lowest BCUT2D eigenvalue weighted by molar-refractivity contribution is -0.115. The smallest absolute Gasteiger partial charge is 0.254 e. The third-order valence-electron chi connectivity index (χ3n) is 6.75. The number of hydrogen-bond donors (Lipinski definition) is 2. The van der Waals surface area contributed by atoms with Crippen LogP contribution in [0.3, 0.4) is 0 Å². The molecule has 1 amide bonds. The van der Waals surface area contributed by atoms with E-state index in [1.54, 1.807) is 12.1 Å². The number of benzene rings is 2. The molecule has 1 aliphatic carbocycles. The fraction of sp³-hybridized carbons (Fsp3) is 0.458.